The van der Waals surface area contributed by atoms with Gasteiger partial charge in [-0.1, -0.05) is 38.5 Å². The Bertz CT molecular complexity index is 848. The number of carbonyl (C=O) groups excluding carboxylic acids is 2. The first-order valence-corrected chi connectivity index (χ1v) is 12.0. The third kappa shape index (κ3) is 4.30. The van der Waals surface area contributed by atoms with E-state index in [2.05, 4.69) is 11.3 Å². The Labute approximate surface area is 167 Å². The van der Waals surface area contributed by atoms with Crippen LogP contribution >= 0.6 is 0 Å². The Morgan fingerprint density at radius 3 is 2.57 bits per heavy atom. The zero-order valence-corrected chi connectivity index (χ0v) is 17.6. The second kappa shape index (κ2) is 8.74. The second-order valence-corrected chi connectivity index (χ2v) is 10.3. The second-order valence-electron chi connectivity index (χ2n) is 7.76. The van der Waals surface area contributed by atoms with Crippen LogP contribution in [0.15, 0.2) is 28.6 Å². The highest BCUT2D eigenvalue weighted by atomic mass is 32.2. The van der Waals surface area contributed by atoms with Gasteiger partial charge < -0.3 is 9.64 Å². The molecule has 7 heteroatoms. The fourth-order valence-electron chi connectivity index (χ4n) is 3.82. The molecule has 2 saturated heterocycles. The summed E-state index contributed by atoms with van der Waals surface area (Å²) in [6, 6.07) is 7.41. The molecule has 0 radical (unpaired) electrons. The van der Waals surface area contributed by atoms with Crippen molar-refractivity contribution in [3.05, 3.63) is 35.4 Å². The topological polar surface area (TPSA) is 76.0 Å². The summed E-state index contributed by atoms with van der Waals surface area (Å²) in [5.41, 5.74) is 1.07. The molecule has 2 amide bonds. The lowest BCUT2D eigenvalue weighted by atomic mass is 9.81. The molecule has 1 aromatic rings. The van der Waals surface area contributed by atoms with E-state index >= 15 is 0 Å². The van der Waals surface area contributed by atoms with Gasteiger partial charge in [0.1, 0.15) is 0 Å². The first kappa shape index (κ1) is 21.0. The Morgan fingerprint density at radius 1 is 1.18 bits per heavy atom. The number of hydrogen-bond acceptors (Lipinski definition) is 4. The molecule has 0 aromatic heterocycles. The van der Waals surface area contributed by atoms with Crippen LogP contribution in [0.1, 0.15) is 49.0 Å². The minimum Gasteiger partial charge on any atom is -0.379 e. The lowest BCUT2D eigenvalue weighted by Gasteiger charge is -2.42. The van der Waals surface area contributed by atoms with Gasteiger partial charge in [-0.05, 0) is 30.9 Å². The molecule has 28 heavy (non-hydrogen) atoms. The van der Waals surface area contributed by atoms with Crippen LogP contribution in [0.2, 0.25) is 0 Å². The predicted octanol–water partition coefficient (Wildman–Crippen LogP) is 2.91. The first-order chi connectivity index (χ1) is 13.4. The summed E-state index contributed by atoms with van der Waals surface area (Å²) in [4.78, 5) is 27.5. The minimum absolute atomic E-state index is 0.0875. The third-order valence-corrected chi connectivity index (χ3v) is 8.01. The number of aryl methyl sites for hydroxylation is 1. The molecule has 0 aliphatic carbocycles. The maximum absolute atomic E-state index is 13.3. The monoisotopic (exact) mass is 406 g/mol. The molecule has 154 valence electrons. The maximum atomic E-state index is 13.3. The standard InChI is InChI=1S/C21H30N2O4S/c1-3-8-17-9-5-6-10-18(17)19(24)22-28(26)13-7-11-23(12-14-28)20(25)21(4-2)15-27-16-21/h5-6,9-10H,3-4,7-8,11-16H2,1-2H3. The molecular formula is C21H30N2O4S. The summed E-state index contributed by atoms with van der Waals surface area (Å²) >= 11 is 0. The molecule has 6 nitrogen and oxygen atoms in total. The Kier molecular flexibility index (Phi) is 6.55. The van der Waals surface area contributed by atoms with Crippen molar-refractivity contribution in [2.45, 2.75) is 39.5 Å². The van der Waals surface area contributed by atoms with E-state index in [1.807, 2.05) is 25.1 Å². The van der Waals surface area contributed by atoms with E-state index in [9.17, 15) is 13.8 Å². The van der Waals surface area contributed by atoms with E-state index < -0.39 is 21.1 Å². The average molecular weight is 407 g/mol. The number of amides is 2. The van der Waals surface area contributed by atoms with Crippen molar-refractivity contribution in [3.8, 4) is 0 Å². The summed E-state index contributed by atoms with van der Waals surface area (Å²) in [6.45, 7) is 5.94. The first-order valence-electron chi connectivity index (χ1n) is 10.1. The molecule has 2 fully saturated rings. The van der Waals surface area contributed by atoms with Gasteiger partial charge in [0.25, 0.3) is 5.91 Å². The highest BCUT2D eigenvalue weighted by Crippen LogP contribution is 2.34. The lowest BCUT2D eigenvalue weighted by Crippen LogP contribution is -2.55. The minimum atomic E-state index is -2.66. The van der Waals surface area contributed by atoms with Crippen LogP contribution in [-0.4, -0.2) is 58.7 Å². The summed E-state index contributed by atoms with van der Waals surface area (Å²) in [6.07, 6.45) is 3.06. The zero-order valence-electron chi connectivity index (χ0n) is 16.8. The average Bonchev–Trinajstić information content (AvgIpc) is 2.83. The number of carbonyl (C=O) groups is 2. The molecule has 2 heterocycles. The van der Waals surface area contributed by atoms with Crippen molar-refractivity contribution >= 4 is 21.5 Å². The van der Waals surface area contributed by atoms with E-state index in [0.29, 0.717) is 44.0 Å². The fraction of sp³-hybridized carbons (Fsp3) is 0.619. The third-order valence-electron chi connectivity index (χ3n) is 5.76. The Morgan fingerprint density at radius 2 is 1.93 bits per heavy atom. The molecule has 1 aromatic carbocycles. The molecule has 0 saturated carbocycles. The van der Waals surface area contributed by atoms with Crippen LogP contribution in [-0.2, 0) is 25.7 Å². The predicted molar refractivity (Wildman–Crippen MR) is 110 cm³/mol. The van der Waals surface area contributed by atoms with Crippen LogP contribution in [0, 0.1) is 5.41 Å². The lowest BCUT2D eigenvalue weighted by molar-refractivity contribution is -0.173. The maximum Gasteiger partial charge on any atom is 0.285 e. The van der Waals surface area contributed by atoms with Gasteiger partial charge in [-0.15, -0.1) is 0 Å². The van der Waals surface area contributed by atoms with Crippen LogP contribution in [0.25, 0.3) is 0 Å². The van der Waals surface area contributed by atoms with Crippen molar-refractivity contribution in [1.29, 1.82) is 0 Å². The van der Waals surface area contributed by atoms with Gasteiger partial charge in [-0.2, -0.15) is 4.36 Å². The van der Waals surface area contributed by atoms with Crippen molar-refractivity contribution in [1.82, 2.24) is 4.90 Å². The van der Waals surface area contributed by atoms with Gasteiger partial charge in [0.15, 0.2) is 0 Å². The van der Waals surface area contributed by atoms with Crippen molar-refractivity contribution in [3.63, 3.8) is 0 Å². The quantitative estimate of drug-likeness (QED) is 0.753. The highest BCUT2D eigenvalue weighted by molar-refractivity contribution is 7.93. The van der Waals surface area contributed by atoms with Gasteiger partial charge in [0.2, 0.25) is 5.91 Å². The summed E-state index contributed by atoms with van der Waals surface area (Å²) in [5.74, 6) is 0.297. The van der Waals surface area contributed by atoms with E-state index in [-0.39, 0.29) is 11.7 Å². The Hall–Kier alpha value is -1.73. The highest BCUT2D eigenvalue weighted by Gasteiger charge is 2.46. The van der Waals surface area contributed by atoms with E-state index in [1.165, 1.54) is 0 Å². The number of ether oxygens (including phenoxy) is 1. The normalized spacial score (nSPS) is 24.1. The van der Waals surface area contributed by atoms with Gasteiger partial charge in [-0.25, -0.2) is 4.21 Å². The zero-order chi connectivity index (χ0) is 20.2. The van der Waals surface area contributed by atoms with Crippen molar-refractivity contribution in [2.75, 3.05) is 37.8 Å². The van der Waals surface area contributed by atoms with Gasteiger partial charge >= 0.3 is 0 Å². The molecule has 0 bridgehead atoms. The Balaban J connectivity index is 1.75. The molecular weight excluding hydrogens is 376 g/mol. The number of rotatable bonds is 5. The largest absolute Gasteiger partial charge is 0.379 e. The van der Waals surface area contributed by atoms with Gasteiger partial charge in [-0.3, -0.25) is 9.59 Å². The van der Waals surface area contributed by atoms with Crippen molar-refractivity contribution < 1.29 is 18.5 Å². The smallest absolute Gasteiger partial charge is 0.285 e. The molecule has 1 unspecified atom stereocenters. The number of benzene rings is 1. The fourth-order valence-corrected chi connectivity index (χ4v) is 5.69. The van der Waals surface area contributed by atoms with Crippen LogP contribution in [0.3, 0.4) is 0 Å². The molecule has 2 aliphatic rings. The van der Waals surface area contributed by atoms with E-state index in [1.54, 1.807) is 11.0 Å². The van der Waals surface area contributed by atoms with Gasteiger partial charge in [0.05, 0.1) is 28.4 Å². The van der Waals surface area contributed by atoms with Crippen LogP contribution < -0.4 is 0 Å². The molecule has 2 aliphatic heterocycles. The SMILES string of the molecule is CCCc1ccccc1C(=O)N=S1(=O)CCCN(C(=O)C2(CC)COC2)CC1. The summed E-state index contributed by atoms with van der Waals surface area (Å²) in [7, 11) is -2.66. The molecule has 0 spiro atoms. The van der Waals surface area contributed by atoms with E-state index in [4.69, 9.17) is 4.74 Å². The number of hydrogen-bond donors (Lipinski definition) is 0. The van der Waals surface area contributed by atoms with Crippen LogP contribution in [0.4, 0.5) is 0 Å². The number of nitrogens with zero attached hydrogens (tertiary/aromatic N) is 2. The van der Waals surface area contributed by atoms with Gasteiger partial charge in [0, 0.05) is 30.2 Å². The molecule has 3 rings (SSSR count). The summed E-state index contributed by atoms with van der Waals surface area (Å²) < 4.78 is 22.8. The summed E-state index contributed by atoms with van der Waals surface area (Å²) in [5, 5.41) is 0. The van der Waals surface area contributed by atoms with E-state index in [0.717, 1.165) is 24.8 Å². The molecule has 0 N–H and O–H groups in total. The van der Waals surface area contributed by atoms with Crippen molar-refractivity contribution in [2.24, 2.45) is 9.78 Å². The molecule has 1 atom stereocenters. The van der Waals surface area contributed by atoms with Crippen LogP contribution in [0.5, 0.6) is 0 Å².